The van der Waals surface area contributed by atoms with Gasteiger partial charge in [-0.2, -0.15) is 30.7 Å². The molecule has 0 amide bonds. The number of hydrogen-bond acceptors (Lipinski definition) is 2. The SMILES string of the molecule is CC(=O)c1ccc(C(C)(O)CC(F)(F)C(F)(F)C(F)(F)F)cc1. The molecule has 130 valence electrons. The van der Waals surface area contributed by atoms with Crippen molar-refractivity contribution >= 4 is 5.78 Å². The molecule has 9 heteroatoms. The van der Waals surface area contributed by atoms with Crippen LogP contribution < -0.4 is 0 Å². The highest BCUT2D eigenvalue weighted by atomic mass is 19.4. The van der Waals surface area contributed by atoms with Gasteiger partial charge in [-0.15, -0.1) is 0 Å². The molecule has 0 radical (unpaired) electrons. The summed E-state index contributed by atoms with van der Waals surface area (Å²) < 4.78 is 88.9. The van der Waals surface area contributed by atoms with Gasteiger partial charge in [0.05, 0.1) is 12.0 Å². The third-order valence-electron chi connectivity index (χ3n) is 3.29. The van der Waals surface area contributed by atoms with Gasteiger partial charge in [0.25, 0.3) is 0 Å². The minimum Gasteiger partial charge on any atom is -0.385 e. The summed E-state index contributed by atoms with van der Waals surface area (Å²) in [4.78, 5) is 11.1. The van der Waals surface area contributed by atoms with Gasteiger partial charge in [-0.1, -0.05) is 24.3 Å². The lowest BCUT2D eigenvalue weighted by Gasteiger charge is -2.34. The van der Waals surface area contributed by atoms with Gasteiger partial charge in [0.15, 0.2) is 5.78 Å². The molecule has 1 atom stereocenters. The van der Waals surface area contributed by atoms with Crippen LogP contribution in [-0.2, 0) is 5.60 Å². The Labute approximate surface area is 126 Å². The lowest BCUT2D eigenvalue weighted by atomic mass is 9.87. The monoisotopic (exact) mass is 346 g/mol. The number of carbonyl (C=O) groups excluding carboxylic acids is 1. The van der Waals surface area contributed by atoms with Crippen LogP contribution in [0.2, 0.25) is 0 Å². The highest BCUT2D eigenvalue weighted by Crippen LogP contribution is 2.50. The van der Waals surface area contributed by atoms with Crippen molar-refractivity contribution in [2.24, 2.45) is 0 Å². The fraction of sp³-hybridized carbons (Fsp3) is 0.500. The quantitative estimate of drug-likeness (QED) is 0.637. The molecule has 2 nitrogen and oxygen atoms in total. The number of alkyl halides is 7. The van der Waals surface area contributed by atoms with Crippen LogP contribution in [0.3, 0.4) is 0 Å². The van der Waals surface area contributed by atoms with Crippen molar-refractivity contribution in [3.63, 3.8) is 0 Å². The van der Waals surface area contributed by atoms with Crippen molar-refractivity contribution < 1.29 is 40.6 Å². The van der Waals surface area contributed by atoms with Crippen molar-refractivity contribution in [3.8, 4) is 0 Å². The van der Waals surface area contributed by atoms with E-state index in [9.17, 15) is 40.6 Å². The Hall–Kier alpha value is -1.64. The Morgan fingerprint density at radius 3 is 1.78 bits per heavy atom. The molecule has 0 aromatic heterocycles. The molecule has 0 aliphatic heterocycles. The number of carbonyl (C=O) groups is 1. The predicted molar refractivity (Wildman–Crippen MR) is 66.6 cm³/mol. The number of halogens is 7. The van der Waals surface area contributed by atoms with E-state index in [4.69, 9.17) is 0 Å². The number of Topliss-reactive ketones (excluding diaryl/α,β-unsaturated/α-hetero) is 1. The molecule has 0 heterocycles. The lowest BCUT2D eigenvalue weighted by Crippen LogP contribution is -2.54. The van der Waals surface area contributed by atoms with E-state index in [1.54, 1.807) is 0 Å². The van der Waals surface area contributed by atoms with E-state index >= 15 is 0 Å². The third kappa shape index (κ3) is 3.82. The van der Waals surface area contributed by atoms with Crippen molar-refractivity contribution in [3.05, 3.63) is 35.4 Å². The summed E-state index contributed by atoms with van der Waals surface area (Å²) in [6.07, 6.45) is -8.60. The minimum atomic E-state index is -6.45. The fourth-order valence-corrected chi connectivity index (χ4v) is 1.92. The topological polar surface area (TPSA) is 37.3 Å². The molecule has 0 aliphatic carbocycles. The molecule has 0 saturated carbocycles. The molecule has 0 aliphatic rings. The Morgan fingerprint density at radius 1 is 1.00 bits per heavy atom. The number of benzene rings is 1. The smallest absolute Gasteiger partial charge is 0.385 e. The Morgan fingerprint density at radius 2 is 1.43 bits per heavy atom. The van der Waals surface area contributed by atoms with Gasteiger partial charge in [-0.3, -0.25) is 4.79 Å². The van der Waals surface area contributed by atoms with E-state index in [1.165, 1.54) is 6.92 Å². The summed E-state index contributed by atoms with van der Waals surface area (Å²) in [7, 11) is 0. The highest BCUT2D eigenvalue weighted by molar-refractivity contribution is 5.94. The zero-order valence-corrected chi connectivity index (χ0v) is 12.0. The predicted octanol–water partition coefficient (Wildman–Crippen LogP) is 4.32. The normalized spacial score (nSPS) is 16.1. The zero-order valence-electron chi connectivity index (χ0n) is 12.0. The molecule has 0 saturated heterocycles. The summed E-state index contributed by atoms with van der Waals surface area (Å²) in [6, 6.07) is 4.31. The van der Waals surface area contributed by atoms with Crippen molar-refractivity contribution in [2.45, 2.75) is 43.9 Å². The van der Waals surface area contributed by atoms with Crippen LogP contribution in [0.25, 0.3) is 0 Å². The van der Waals surface area contributed by atoms with Crippen molar-refractivity contribution in [1.29, 1.82) is 0 Å². The molecule has 1 N–H and O–H groups in total. The summed E-state index contributed by atoms with van der Waals surface area (Å²) in [6.45, 7) is 1.90. The first-order valence-electron chi connectivity index (χ1n) is 6.28. The summed E-state index contributed by atoms with van der Waals surface area (Å²) in [5, 5.41) is 9.91. The van der Waals surface area contributed by atoms with Gasteiger partial charge < -0.3 is 5.11 Å². The average Bonchev–Trinajstić information content (AvgIpc) is 2.36. The van der Waals surface area contributed by atoms with Gasteiger partial charge in [0.2, 0.25) is 0 Å². The average molecular weight is 346 g/mol. The minimum absolute atomic E-state index is 0.164. The van der Waals surface area contributed by atoms with Gasteiger partial charge in [0, 0.05) is 5.56 Å². The van der Waals surface area contributed by atoms with E-state index in [0.29, 0.717) is 6.92 Å². The van der Waals surface area contributed by atoms with Crippen LogP contribution >= 0.6 is 0 Å². The molecular weight excluding hydrogens is 333 g/mol. The standard InChI is InChI=1S/C14H13F7O2/c1-8(22)9-3-5-10(6-4-9)11(2,23)7-12(15,16)13(17,18)14(19,20)21/h3-6,23H,7H2,1-2H3. The molecule has 1 aromatic carbocycles. The van der Waals surface area contributed by atoms with E-state index in [0.717, 1.165) is 24.3 Å². The molecule has 1 rings (SSSR count). The van der Waals surface area contributed by atoms with E-state index in [2.05, 4.69) is 0 Å². The van der Waals surface area contributed by atoms with Crippen LogP contribution in [0.5, 0.6) is 0 Å². The highest BCUT2D eigenvalue weighted by Gasteiger charge is 2.73. The fourth-order valence-electron chi connectivity index (χ4n) is 1.92. The second kappa shape index (κ2) is 5.77. The summed E-state index contributed by atoms with van der Waals surface area (Å²) in [5.74, 6) is -12.2. The van der Waals surface area contributed by atoms with Crippen LogP contribution in [0.1, 0.15) is 36.2 Å². The first-order valence-corrected chi connectivity index (χ1v) is 6.28. The van der Waals surface area contributed by atoms with Crippen LogP contribution in [0.4, 0.5) is 30.7 Å². The Balaban J connectivity index is 3.12. The third-order valence-corrected chi connectivity index (χ3v) is 3.29. The van der Waals surface area contributed by atoms with Crippen LogP contribution in [0, 0.1) is 0 Å². The van der Waals surface area contributed by atoms with Gasteiger partial charge in [0.1, 0.15) is 0 Å². The molecule has 23 heavy (non-hydrogen) atoms. The maximum atomic E-state index is 13.4. The first-order chi connectivity index (χ1) is 10.1. The van der Waals surface area contributed by atoms with Crippen molar-refractivity contribution in [2.75, 3.05) is 0 Å². The maximum absolute atomic E-state index is 13.4. The number of hydrogen-bond donors (Lipinski definition) is 1. The summed E-state index contributed by atoms with van der Waals surface area (Å²) in [5.41, 5.74) is -2.81. The number of ketones is 1. The second-order valence-electron chi connectivity index (χ2n) is 5.36. The Kier molecular flexibility index (Phi) is 4.87. The molecule has 1 aromatic rings. The molecular formula is C14H13F7O2. The largest absolute Gasteiger partial charge is 0.459 e. The Bertz CT molecular complexity index is 574. The summed E-state index contributed by atoms with van der Waals surface area (Å²) >= 11 is 0. The number of aliphatic hydroxyl groups is 1. The van der Waals surface area contributed by atoms with Gasteiger partial charge >= 0.3 is 18.0 Å². The molecule has 0 fully saturated rings. The van der Waals surface area contributed by atoms with Crippen LogP contribution in [0.15, 0.2) is 24.3 Å². The van der Waals surface area contributed by atoms with Crippen LogP contribution in [-0.4, -0.2) is 28.9 Å². The molecule has 0 spiro atoms. The van der Waals surface area contributed by atoms with Crippen molar-refractivity contribution in [1.82, 2.24) is 0 Å². The van der Waals surface area contributed by atoms with E-state index in [-0.39, 0.29) is 16.9 Å². The van der Waals surface area contributed by atoms with E-state index < -0.39 is 30.0 Å². The maximum Gasteiger partial charge on any atom is 0.459 e. The number of rotatable bonds is 5. The zero-order chi connectivity index (χ0) is 18.3. The lowest BCUT2D eigenvalue weighted by molar-refractivity contribution is -0.361. The van der Waals surface area contributed by atoms with Gasteiger partial charge in [-0.25, -0.2) is 0 Å². The first kappa shape index (κ1) is 19.4. The molecule has 1 unspecified atom stereocenters. The van der Waals surface area contributed by atoms with Gasteiger partial charge in [-0.05, 0) is 19.4 Å². The van der Waals surface area contributed by atoms with E-state index in [1.807, 2.05) is 0 Å². The molecule has 0 bridgehead atoms. The second-order valence-corrected chi connectivity index (χ2v) is 5.36.